The average molecular weight is 230 g/mol. The lowest BCUT2D eigenvalue weighted by Gasteiger charge is -2.25. The van der Waals surface area contributed by atoms with Gasteiger partial charge in [0.2, 0.25) is 5.91 Å². The van der Waals surface area contributed by atoms with Gasteiger partial charge in [-0.25, -0.2) is 0 Å². The fourth-order valence-electron chi connectivity index (χ4n) is 1.30. The Morgan fingerprint density at radius 3 is 2.12 bits per heavy atom. The highest BCUT2D eigenvalue weighted by Crippen LogP contribution is 2.04. The zero-order valence-corrected chi connectivity index (χ0v) is 10.6. The molecule has 0 rings (SSSR count). The molecule has 94 valence electrons. The van der Waals surface area contributed by atoms with Crippen molar-refractivity contribution >= 4 is 11.9 Å². The molecule has 0 spiro atoms. The summed E-state index contributed by atoms with van der Waals surface area (Å²) in [5.41, 5.74) is 0. The Morgan fingerprint density at radius 2 is 1.75 bits per heavy atom. The van der Waals surface area contributed by atoms with E-state index in [1.165, 1.54) is 6.92 Å². The highest BCUT2D eigenvalue weighted by atomic mass is 16.4. The highest BCUT2D eigenvalue weighted by molar-refractivity contribution is 5.96. The molecule has 16 heavy (non-hydrogen) atoms. The van der Waals surface area contributed by atoms with E-state index in [1.807, 2.05) is 25.9 Å². The van der Waals surface area contributed by atoms with Gasteiger partial charge in [-0.15, -0.1) is 0 Å². The molecule has 0 radical (unpaired) electrons. The van der Waals surface area contributed by atoms with Crippen molar-refractivity contribution in [3.8, 4) is 0 Å². The molecular formula is C11H22N2O3. The summed E-state index contributed by atoms with van der Waals surface area (Å²) >= 11 is 0. The first-order valence-corrected chi connectivity index (χ1v) is 5.56. The van der Waals surface area contributed by atoms with Crippen molar-refractivity contribution in [1.82, 2.24) is 9.80 Å². The Morgan fingerprint density at radius 1 is 1.19 bits per heavy atom. The van der Waals surface area contributed by atoms with Crippen molar-refractivity contribution in [2.75, 3.05) is 33.7 Å². The van der Waals surface area contributed by atoms with Crippen LogP contribution < -0.4 is 0 Å². The third-order valence-electron chi connectivity index (χ3n) is 2.36. The number of carboxylic acid groups (broad SMARTS) is 1. The number of carbonyl (C=O) groups excluding carboxylic acids is 1. The first kappa shape index (κ1) is 14.9. The second kappa shape index (κ2) is 7.22. The van der Waals surface area contributed by atoms with Crippen molar-refractivity contribution in [1.29, 1.82) is 0 Å². The zero-order chi connectivity index (χ0) is 12.7. The van der Waals surface area contributed by atoms with E-state index >= 15 is 0 Å². The number of amides is 1. The number of carboxylic acids is 1. The predicted molar refractivity (Wildman–Crippen MR) is 62.2 cm³/mol. The van der Waals surface area contributed by atoms with Crippen LogP contribution in [0.1, 0.15) is 20.3 Å². The van der Waals surface area contributed by atoms with E-state index in [0.717, 1.165) is 13.0 Å². The molecule has 0 saturated carbocycles. The van der Waals surface area contributed by atoms with Gasteiger partial charge in [0, 0.05) is 19.6 Å². The standard InChI is InChI=1S/C11H22N2O3/c1-5-6-13(8-7-12(3)4)10(14)9(2)11(15)16/h9H,5-8H2,1-4H3,(H,15,16). The van der Waals surface area contributed by atoms with Crippen LogP contribution in [0.25, 0.3) is 0 Å². The van der Waals surface area contributed by atoms with E-state index in [0.29, 0.717) is 13.1 Å². The van der Waals surface area contributed by atoms with E-state index in [2.05, 4.69) is 0 Å². The molecule has 0 aromatic rings. The van der Waals surface area contributed by atoms with E-state index < -0.39 is 11.9 Å². The van der Waals surface area contributed by atoms with Gasteiger partial charge in [-0.05, 0) is 27.4 Å². The third kappa shape index (κ3) is 5.11. The summed E-state index contributed by atoms with van der Waals surface area (Å²) in [7, 11) is 3.85. The minimum atomic E-state index is -1.06. The van der Waals surface area contributed by atoms with Crippen molar-refractivity contribution in [2.24, 2.45) is 5.92 Å². The van der Waals surface area contributed by atoms with Crippen molar-refractivity contribution in [3.05, 3.63) is 0 Å². The van der Waals surface area contributed by atoms with Crippen LogP contribution in [-0.4, -0.2) is 60.5 Å². The summed E-state index contributed by atoms with van der Waals surface area (Å²) in [5, 5.41) is 8.79. The molecule has 1 amide bonds. The molecule has 0 aromatic carbocycles. The summed E-state index contributed by atoms with van der Waals surface area (Å²) in [6.45, 7) is 5.35. The summed E-state index contributed by atoms with van der Waals surface area (Å²) in [4.78, 5) is 26.1. The third-order valence-corrected chi connectivity index (χ3v) is 2.36. The van der Waals surface area contributed by atoms with Crippen molar-refractivity contribution in [2.45, 2.75) is 20.3 Å². The number of aliphatic carboxylic acids is 1. The molecule has 0 aliphatic rings. The number of likely N-dealkylation sites (N-methyl/N-ethyl adjacent to an activating group) is 1. The van der Waals surface area contributed by atoms with Crippen LogP contribution in [0.5, 0.6) is 0 Å². The lowest BCUT2D eigenvalue weighted by molar-refractivity contribution is -0.150. The summed E-state index contributed by atoms with van der Waals surface area (Å²) in [6, 6.07) is 0. The van der Waals surface area contributed by atoms with E-state index in [9.17, 15) is 9.59 Å². The van der Waals surface area contributed by atoms with Gasteiger partial charge in [0.25, 0.3) is 0 Å². The Balaban J connectivity index is 4.39. The fourth-order valence-corrected chi connectivity index (χ4v) is 1.30. The quantitative estimate of drug-likeness (QED) is 0.647. The number of hydrogen-bond acceptors (Lipinski definition) is 3. The Kier molecular flexibility index (Phi) is 6.72. The second-order valence-electron chi connectivity index (χ2n) is 4.19. The van der Waals surface area contributed by atoms with Crippen molar-refractivity contribution in [3.63, 3.8) is 0 Å². The molecule has 0 aliphatic carbocycles. The molecule has 5 nitrogen and oxygen atoms in total. The van der Waals surface area contributed by atoms with Gasteiger partial charge in [-0.2, -0.15) is 0 Å². The van der Waals surface area contributed by atoms with Crippen LogP contribution in [0.4, 0.5) is 0 Å². The Bertz CT molecular complexity index is 241. The van der Waals surface area contributed by atoms with Crippen LogP contribution >= 0.6 is 0 Å². The summed E-state index contributed by atoms with van der Waals surface area (Å²) < 4.78 is 0. The molecule has 0 fully saturated rings. The maximum Gasteiger partial charge on any atom is 0.315 e. The minimum Gasteiger partial charge on any atom is -0.481 e. The summed E-state index contributed by atoms with van der Waals surface area (Å²) in [5.74, 6) is -2.30. The molecule has 0 aromatic heterocycles. The maximum absolute atomic E-state index is 11.8. The van der Waals surface area contributed by atoms with Crippen LogP contribution in [-0.2, 0) is 9.59 Å². The molecule has 5 heteroatoms. The van der Waals surface area contributed by atoms with Gasteiger partial charge in [-0.1, -0.05) is 6.92 Å². The Labute approximate surface area is 97.0 Å². The maximum atomic E-state index is 11.8. The number of hydrogen-bond donors (Lipinski definition) is 1. The zero-order valence-electron chi connectivity index (χ0n) is 10.6. The number of nitrogens with zero attached hydrogens (tertiary/aromatic N) is 2. The second-order valence-corrected chi connectivity index (χ2v) is 4.19. The van der Waals surface area contributed by atoms with Gasteiger partial charge >= 0.3 is 5.97 Å². The first-order chi connectivity index (χ1) is 7.40. The SMILES string of the molecule is CCCN(CCN(C)C)C(=O)C(C)C(=O)O. The van der Waals surface area contributed by atoms with Crippen LogP contribution in [0.15, 0.2) is 0 Å². The average Bonchev–Trinajstić information content (AvgIpc) is 2.21. The fraction of sp³-hybridized carbons (Fsp3) is 0.818. The number of carbonyl (C=O) groups is 2. The molecule has 0 bridgehead atoms. The first-order valence-electron chi connectivity index (χ1n) is 5.56. The number of rotatable bonds is 7. The smallest absolute Gasteiger partial charge is 0.315 e. The summed E-state index contributed by atoms with van der Waals surface area (Å²) in [6.07, 6.45) is 0.839. The van der Waals surface area contributed by atoms with Gasteiger partial charge in [0.15, 0.2) is 0 Å². The molecular weight excluding hydrogens is 208 g/mol. The monoisotopic (exact) mass is 230 g/mol. The van der Waals surface area contributed by atoms with Gasteiger partial charge in [-0.3, -0.25) is 9.59 Å². The molecule has 1 N–H and O–H groups in total. The van der Waals surface area contributed by atoms with Crippen LogP contribution in [0.3, 0.4) is 0 Å². The normalized spacial score (nSPS) is 12.6. The van der Waals surface area contributed by atoms with E-state index in [1.54, 1.807) is 4.90 Å². The topological polar surface area (TPSA) is 60.9 Å². The molecule has 0 saturated heterocycles. The van der Waals surface area contributed by atoms with Gasteiger partial charge in [0.05, 0.1) is 0 Å². The van der Waals surface area contributed by atoms with Crippen molar-refractivity contribution < 1.29 is 14.7 Å². The molecule has 1 atom stereocenters. The minimum absolute atomic E-state index is 0.295. The van der Waals surface area contributed by atoms with E-state index in [-0.39, 0.29) is 5.91 Å². The molecule has 0 aliphatic heterocycles. The van der Waals surface area contributed by atoms with E-state index in [4.69, 9.17) is 5.11 Å². The van der Waals surface area contributed by atoms with Crippen LogP contribution in [0.2, 0.25) is 0 Å². The molecule has 0 heterocycles. The predicted octanol–water partition coefficient (Wildman–Crippen LogP) is 0.507. The molecule has 1 unspecified atom stereocenters. The highest BCUT2D eigenvalue weighted by Gasteiger charge is 2.25. The van der Waals surface area contributed by atoms with Crippen LogP contribution in [0, 0.1) is 5.92 Å². The lowest BCUT2D eigenvalue weighted by atomic mass is 10.1. The Hall–Kier alpha value is -1.10. The largest absolute Gasteiger partial charge is 0.481 e. The van der Waals surface area contributed by atoms with Gasteiger partial charge in [0.1, 0.15) is 5.92 Å². The lowest BCUT2D eigenvalue weighted by Crippen LogP contribution is -2.42. The van der Waals surface area contributed by atoms with Gasteiger partial charge < -0.3 is 14.9 Å².